The van der Waals surface area contributed by atoms with Gasteiger partial charge in [0, 0.05) is 5.69 Å². The highest BCUT2D eigenvalue weighted by atomic mass is 19.1. The summed E-state index contributed by atoms with van der Waals surface area (Å²) in [5, 5.41) is 3.20. The summed E-state index contributed by atoms with van der Waals surface area (Å²) in [6.07, 6.45) is 0. The fourth-order valence-electron chi connectivity index (χ4n) is 2.87. The number of carbonyl (C=O) groups is 1. The summed E-state index contributed by atoms with van der Waals surface area (Å²) >= 11 is 0. The lowest BCUT2D eigenvalue weighted by Gasteiger charge is -2.22. The Bertz CT molecular complexity index is 791. The molecule has 1 aliphatic rings. The average molecular weight is 311 g/mol. The molecule has 23 heavy (non-hydrogen) atoms. The van der Waals surface area contributed by atoms with Gasteiger partial charge in [0.1, 0.15) is 12.4 Å². The fraction of sp³-hybridized carbons (Fsp3) is 0.222. The predicted molar refractivity (Wildman–Crippen MR) is 90.5 cm³/mol. The Labute approximate surface area is 134 Å². The number of benzene rings is 2. The van der Waals surface area contributed by atoms with Gasteiger partial charge >= 0.3 is 0 Å². The monoisotopic (exact) mass is 311 g/mol. The predicted octanol–water partition coefficient (Wildman–Crippen LogP) is 3.57. The largest absolute Gasteiger partial charge is 0.325 e. The molecule has 0 spiro atoms. The molecule has 0 bridgehead atoms. The number of hydrogen-bond donors (Lipinski definition) is 1. The molecule has 118 valence electrons. The highest BCUT2D eigenvalue weighted by Crippen LogP contribution is 2.26. The number of aliphatic imine (C=N–C) groups is 1. The van der Waals surface area contributed by atoms with E-state index in [1.165, 1.54) is 16.5 Å². The third-order valence-electron chi connectivity index (χ3n) is 3.83. The molecule has 1 N–H and O–H groups in total. The maximum absolute atomic E-state index is 14.1. The van der Waals surface area contributed by atoms with E-state index in [1.807, 2.05) is 20.8 Å². The van der Waals surface area contributed by atoms with E-state index in [2.05, 4.69) is 22.4 Å². The number of anilines is 2. The molecule has 0 aromatic heterocycles. The van der Waals surface area contributed by atoms with Crippen molar-refractivity contribution in [1.29, 1.82) is 0 Å². The Kier molecular flexibility index (Phi) is 3.86. The summed E-state index contributed by atoms with van der Waals surface area (Å²) in [5.74, 6) is -0.343. The van der Waals surface area contributed by atoms with E-state index in [9.17, 15) is 9.18 Å². The van der Waals surface area contributed by atoms with Gasteiger partial charge in [0.25, 0.3) is 5.91 Å². The Hall–Kier alpha value is -2.69. The summed E-state index contributed by atoms with van der Waals surface area (Å²) in [6, 6.07) is 10.3. The smallest absolute Gasteiger partial charge is 0.255 e. The van der Waals surface area contributed by atoms with Gasteiger partial charge in [-0.15, -0.1) is 0 Å². The van der Waals surface area contributed by atoms with Gasteiger partial charge in [-0.05, 0) is 44.0 Å². The zero-order valence-corrected chi connectivity index (χ0v) is 13.4. The molecule has 5 heteroatoms. The normalized spacial score (nSPS) is 14.2. The molecule has 3 rings (SSSR count). The van der Waals surface area contributed by atoms with Crippen LogP contribution in [0.5, 0.6) is 0 Å². The molecule has 0 saturated heterocycles. The second kappa shape index (κ2) is 5.83. The van der Waals surface area contributed by atoms with Crippen molar-refractivity contribution in [3.05, 3.63) is 58.9 Å². The lowest BCUT2D eigenvalue weighted by Crippen LogP contribution is -2.37. The molecule has 0 saturated carbocycles. The molecular weight excluding hydrogens is 293 g/mol. The Morgan fingerprint density at radius 1 is 1.13 bits per heavy atom. The average Bonchev–Trinajstić information content (AvgIpc) is 2.84. The van der Waals surface area contributed by atoms with Gasteiger partial charge in [-0.3, -0.25) is 4.79 Å². The molecule has 0 fully saturated rings. The van der Waals surface area contributed by atoms with E-state index in [4.69, 9.17) is 0 Å². The van der Waals surface area contributed by atoms with E-state index in [0.29, 0.717) is 5.96 Å². The minimum absolute atomic E-state index is 0.0145. The third-order valence-corrected chi connectivity index (χ3v) is 3.83. The number of halogens is 1. The molecule has 0 atom stereocenters. The van der Waals surface area contributed by atoms with Crippen LogP contribution in [0.15, 0.2) is 41.4 Å². The molecule has 4 nitrogen and oxygen atoms in total. The molecular formula is C18H18FN3O. The molecule has 0 unspecified atom stereocenters. The summed E-state index contributed by atoms with van der Waals surface area (Å²) < 4.78 is 14.1. The molecule has 0 aliphatic carbocycles. The van der Waals surface area contributed by atoms with Crippen LogP contribution in [0.2, 0.25) is 0 Å². The van der Waals surface area contributed by atoms with Gasteiger partial charge in [-0.1, -0.05) is 29.8 Å². The first-order valence-electron chi connectivity index (χ1n) is 7.44. The number of nitrogens with one attached hydrogen (secondary N) is 1. The number of aryl methyl sites for hydroxylation is 3. The highest BCUT2D eigenvalue weighted by molar-refractivity contribution is 6.25. The summed E-state index contributed by atoms with van der Waals surface area (Å²) in [4.78, 5) is 17.7. The number of hydrogen-bond acceptors (Lipinski definition) is 3. The minimum Gasteiger partial charge on any atom is -0.325 e. The van der Waals surface area contributed by atoms with Crippen LogP contribution in [0, 0.1) is 26.6 Å². The van der Waals surface area contributed by atoms with Crippen molar-refractivity contribution in [2.75, 3.05) is 16.8 Å². The number of nitrogens with zero attached hydrogens (tertiary/aromatic N) is 2. The third kappa shape index (κ3) is 2.82. The van der Waals surface area contributed by atoms with Crippen LogP contribution < -0.4 is 10.2 Å². The van der Waals surface area contributed by atoms with Crippen LogP contribution in [0.3, 0.4) is 0 Å². The van der Waals surface area contributed by atoms with Crippen molar-refractivity contribution in [1.82, 2.24) is 0 Å². The number of carbonyl (C=O) groups excluding carboxylic acids is 1. The first-order valence-corrected chi connectivity index (χ1v) is 7.44. The van der Waals surface area contributed by atoms with Crippen molar-refractivity contribution in [3.63, 3.8) is 0 Å². The molecule has 0 radical (unpaired) electrons. The van der Waals surface area contributed by atoms with Crippen molar-refractivity contribution in [2.45, 2.75) is 20.8 Å². The Morgan fingerprint density at radius 2 is 1.78 bits per heavy atom. The minimum atomic E-state index is -0.449. The number of rotatable bonds is 2. The summed E-state index contributed by atoms with van der Waals surface area (Å²) in [5.41, 5.74) is 4.38. The fourth-order valence-corrected chi connectivity index (χ4v) is 2.87. The molecule has 1 aliphatic heterocycles. The van der Waals surface area contributed by atoms with E-state index in [0.717, 1.165) is 16.8 Å². The van der Waals surface area contributed by atoms with E-state index >= 15 is 0 Å². The summed E-state index contributed by atoms with van der Waals surface area (Å²) in [6.45, 7) is 6.03. The number of para-hydroxylation sites is 1. The maximum atomic E-state index is 14.1. The van der Waals surface area contributed by atoms with Gasteiger partial charge in [-0.25, -0.2) is 14.3 Å². The molecule has 1 amide bonds. The second-order valence-corrected chi connectivity index (χ2v) is 5.72. The molecule has 1 heterocycles. The van der Waals surface area contributed by atoms with Gasteiger partial charge in [0.15, 0.2) is 0 Å². The highest BCUT2D eigenvalue weighted by Gasteiger charge is 2.29. The van der Waals surface area contributed by atoms with Gasteiger partial charge in [0.2, 0.25) is 5.96 Å². The SMILES string of the molecule is Cc1cc(C)c(NC2=NCC(=O)N2c2ccccc2F)c(C)c1. The van der Waals surface area contributed by atoms with Crippen LogP contribution in [0.25, 0.3) is 0 Å². The quantitative estimate of drug-likeness (QED) is 0.921. The van der Waals surface area contributed by atoms with Crippen LogP contribution in [-0.2, 0) is 4.79 Å². The van der Waals surface area contributed by atoms with Crippen molar-refractivity contribution in [2.24, 2.45) is 4.99 Å². The standard InChI is InChI=1S/C18H18FN3O/c1-11-8-12(2)17(13(3)9-11)21-18-20-10-16(23)22(18)15-7-5-4-6-14(15)19/h4-9H,10H2,1-3H3,(H,20,21). The zero-order valence-electron chi connectivity index (χ0n) is 13.4. The molecule has 2 aromatic carbocycles. The maximum Gasteiger partial charge on any atom is 0.255 e. The van der Waals surface area contributed by atoms with E-state index in [-0.39, 0.29) is 18.1 Å². The van der Waals surface area contributed by atoms with Gasteiger partial charge in [-0.2, -0.15) is 0 Å². The van der Waals surface area contributed by atoms with Crippen LogP contribution in [0.4, 0.5) is 15.8 Å². The van der Waals surface area contributed by atoms with Crippen LogP contribution in [-0.4, -0.2) is 18.4 Å². The summed E-state index contributed by atoms with van der Waals surface area (Å²) in [7, 11) is 0. The first kappa shape index (κ1) is 15.2. The number of guanidine groups is 1. The Balaban J connectivity index is 1.97. The second-order valence-electron chi connectivity index (χ2n) is 5.72. The topological polar surface area (TPSA) is 44.7 Å². The van der Waals surface area contributed by atoms with E-state index < -0.39 is 5.82 Å². The lowest BCUT2D eigenvalue weighted by atomic mass is 10.1. The zero-order chi connectivity index (χ0) is 16.6. The van der Waals surface area contributed by atoms with Crippen molar-refractivity contribution in [3.8, 4) is 0 Å². The Morgan fingerprint density at radius 3 is 2.43 bits per heavy atom. The van der Waals surface area contributed by atoms with Gasteiger partial charge < -0.3 is 5.32 Å². The number of amides is 1. The van der Waals surface area contributed by atoms with E-state index in [1.54, 1.807) is 18.2 Å². The van der Waals surface area contributed by atoms with Crippen LogP contribution in [0.1, 0.15) is 16.7 Å². The van der Waals surface area contributed by atoms with Crippen molar-refractivity contribution >= 4 is 23.2 Å². The van der Waals surface area contributed by atoms with Crippen molar-refractivity contribution < 1.29 is 9.18 Å². The van der Waals surface area contributed by atoms with Gasteiger partial charge in [0.05, 0.1) is 5.69 Å². The lowest BCUT2D eigenvalue weighted by molar-refractivity contribution is -0.115. The van der Waals surface area contributed by atoms with Crippen LogP contribution >= 0.6 is 0 Å². The molecule has 2 aromatic rings. The first-order chi connectivity index (χ1) is 11.0.